The maximum Gasteiger partial charge on any atom is 0.306 e. The third-order valence-electron chi connectivity index (χ3n) is 15.7. The first-order valence-corrected chi connectivity index (χ1v) is 35.4. The van der Waals surface area contributed by atoms with E-state index < -0.39 is 6.10 Å². The fourth-order valence-corrected chi connectivity index (χ4v) is 10.5. The van der Waals surface area contributed by atoms with Crippen LogP contribution in [-0.4, -0.2) is 37.2 Å². The highest BCUT2D eigenvalue weighted by atomic mass is 16.6. The number of hydrogen-bond donors (Lipinski definition) is 0. The van der Waals surface area contributed by atoms with Gasteiger partial charge in [0, 0.05) is 19.3 Å². The van der Waals surface area contributed by atoms with Crippen LogP contribution in [0, 0.1) is 0 Å². The molecule has 1 atom stereocenters. The Morgan fingerprint density at radius 3 is 0.753 bits per heavy atom. The molecule has 0 aliphatic heterocycles. The number of ether oxygens (including phenoxy) is 3. The SMILES string of the molecule is CC/C=C\C/C=C\C/C=C\C/C=C\C/C=C\C/C=C\CCCCCCCCCCCCC(=O)OCC(COC(=O)CCCCCCCCCCCCCCCCCCC)OC(=O)CCCCCCCCCCCCCCCCCCC. The van der Waals surface area contributed by atoms with Gasteiger partial charge < -0.3 is 14.2 Å². The summed E-state index contributed by atoms with van der Waals surface area (Å²) in [6.07, 6.45) is 90.6. The molecule has 0 fully saturated rings. The molecular formula is C75H134O6. The Bertz CT molecular complexity index is 1490. The number of carbonyl (C=O) groups is 3. The molecule has 0 aliphatic carbocycles. The van der Waals surface area contributed by atoms with Gasteiger partial charge in [-0.2, -0.15) is 0 Å². The number of unbranched alkanes of at least 4 members (excludes halogenated alkanes) is 42. The summed E-state index contributed by atoms with van der Waals surface area (Å²) in [5.74, 6) is -0.849. The van der Waals surface area contributed by atoms with Crippen LogP contribution in [0.4, 0.5) is 0 Å². The molecule has 6 nitrogen and oxygen atoms in total. The zero-order valence-electron chi connectivity index (χ0n) is 54.1. The molecule has 0 saturated carbocycles. The van der Waals surface area contributed by atoms with Crippen molar-refractivity contribution in [2.24, 2.45) is 0 Å². The summed E-state index contributed by atoms with van der Waals surface area (Å²) in [6, 6.07) is 0. The lowest BCUT2D eigenvalue weighted by Gasteiger charge is -2.18. The summed E-state index contributed by atoms with van der Waals surface area (Å²) >= 11 is 0. The van der Waals surface area contributed by atoms with Gasteiger partial charge in [0.1, 0.15) is 13.2 Å². The van der Waals surface area contributed by atoms with Gasteiger partial charge in [0.05, 0.1) is 0 Å². The van der Waals surface area contributed by atoms with Gasteiger partial charge in [-0.3, -0.25) is 14.4 Å². The molecule has 0 heterocycles. The maximum absolute atomic E-state index is 12.9. The van der Waals surface area contributed by atoms with Crippen molar-refractivity contribution in [2.75, 3.05) is 13.2 Å². The number of hydrogen-bond acceptors (Lipinski definition) is 6. The van der Waals surface area contributed by atoms with Gasteiger partial charge in [-0.1, -0.05) is 351 Å². The summed E-state index contributed by atoms with van der Waals surface area (Å²) in [5.41, 5.74) is 0. The number of carbonyl (C=O) groups excluding carboxylic acids is 3. The molecule has 0 aromatic heterocycles. The van der Waals surface area contributed by atoms with Crippen LogP contribution in [0.1, 0.15) is 367 Å². The summed E-state index contributed by atoms with van der Waals surface area (Å²) < 4.78 is 17.0. The van der Waals surface area contributed by atoms with E-state index in [9.17, 15) is 14.4 Å². The van der Waals surface area contributed by atoms with Crippen molar-refractivity contribution in [1.29, 1.82) is 0 Å². The normalized spacial score (nSPS) is 12.5. The summed E-state index contributed by atoms with van der Waals surface area (Å²) in [5, 5.41) is 0. The van der Waals surface area contributed by atoms with Gasteiger partial charge in [0.2, 0.25) is 0 Å². The van der Waals surface area contributed by atoms with Gasteiger partial charge in [-0.15, -0.1) is 0 Å². The van der Waals surface area contributed by atoms with Crippen molar-refractivity contribution in [3.8, 4) is 0 Å². The topological polar surface area (TPSA) is 78.9 Å². The molecule has 0 aliphatic rings. The molecule has 0 rings (SSSR count). The van der Waals surface area contributed by atoms with Crippen LogP contribution in [0.25, 0.3) is 0 Å². The zero-order valence-corrected chi connectivity index (χ0v) is 54.1. The third kappa shape index (κ3) is 67.5. The minimum atomic E-state index is -0.775. The van der Waals surface area contributed by atoms with E-state index in [4.69, 9.17) is 14.2 Å². The van der Waals surface area contributed by atoms with Gasteiger partial charge in [-0.25, -0.2) is 0 Å². The Kier molecular flexibility index (Phi) is 66.6. The molecule has 0 N–H and O–H groups in total. The highest BCUT2D eigenvalue weighted by Crippen LogP contribution is 2.18. The van der Waals surface area contributed by atoms with Gasteiger partial charge in [0.15, 0.2) is 6.10 Å². The number of rotatable bonds is 65. The van der Waals surface area contributed by atoms with E-state index in [0.717, 1.165) is 96.3 Å². The number of allylic oxidation sites excluding steroid dienone is 12. The van der Waals surface area contributed by atoms with Crippen molar-refractivity contribution in [3.63, 3.8) is 0 Å². The average Bonchev–Trinajstić information content (AvgIpc) is 3.47. The van der Waals surface area contributed by atoms with Crippen LogP contribution in [-0.2, 0) is 28.6 Å². The van der Waals surface area contributed by atoms with Crippen molar-refractivity contribution in [2.45, 2.75) is 374 Å². The van der Waals surface area contributed by atoms with Gasteiger partial charge >= 0.3 is 17.9 Å². The third-order valence-corrected chi connectivity index (χ3v) is 15.7. The Balaban J connectivity index is 4.29. The molecule has 81 heavy (non-hydrogen) atoms. The van der Waals surface area contributed by atoms with E-state index in [1.165, 1.54) is 231 Å². The van der Waals surface area contributed by atoms with E-state index in [-0.39, 0.29) is 31.1 Å². The first kappa shape index (κ1) is 77.9. The Hall–Kier alpha value is -3.15. The predicted molar refractivity (Wildman–Crippen MR) is 353 cm³/mol. The fourth-order valence-electron chi connectivity index (χ4n) is 10.5. The van der Waals surface area contributed by atoms with E-state index in [1.807, 2.05) is 0 Å². The van der Waals surface area contributed by atoms with Crippen LogP contribution in [0.3, 0.4) is 0 Å². The van der Waals surface area contributed by atoms with Crippen molar-refractivity contribution < 1.29 is 28.6 Å². The van der Waals surface area contributed by atoms with Crippen LogP contribution in [0.15, 0.2) is 72.9 Å². The van der Waals surface area contributed by atoms with Crippen molar-refractivity contribution >= 4 is 17.9 Å². The van der Waals surface area contributed by atoms with E-state index >= 15 is 0 Å². The molecule has 0 amide bonds. The number of esters is 3. The van der Waals surface area contributed by atoms with Crippen LogP contribution >= 0.6 is 0 Å². The standard InChI is InChI=1S/C75H134O6/c1-4-7-10-13-16-19-22-25-28-31-32-33-34-35-36-37-38-39-40-41-42-45-47-50-53-56-59-62-65-68-74(77)80-71-72(81-75(78)69-66-63-60-57-54-51-48-44-30-27-24-21-18-15-12-9-6-3)70-79-73(76)67-64-61-58-55-52-49-46-43-29-26-23-20-17-14-11-8-5-2/h7,10,16,19,25,28,32-33,35-36,38-39,72H,4-6,8-9,11-15,17-18,20-24,26-27,29-31,34,37,40-71H2,1-3H3/b10-7-,19-16-,28-25-,33-32-,36-35-,39-38-. The second kappa shape index (κ2) is 69.3. The van der Waals surface area contributed by atoms with Crippen molar-refractivity contribution in [3.05, 3.63) is 72.9 Å². The minimum absolute atomic E-state index is 0.0701. The second-order valence-corrected chi connectivity index (χ2v) is 23.8. The Labute approximate surface area is 503 Å². The first-order chi connectivity index (χ1) is 40.0. The molecule has 0 bridgehead atoms. The van der Waals surface area contributed by atoms with Gasteiger partial charge in [0.25, 0.3) is 0 Å². The summed E-state index contributed by atoms with van der Waals surface area (Å²) in [4.78, 5) is 38.5. The molecular weight excluding hydrogens is 997 g/mol. The second-order valence-electron chi connectivity index (χ2n) is 23.8. The maximum atomic E-state index is 12.9. The van der Waals surface area contributed by atoms with Crippen molar-refractivity contribution in [1.82, 2.24) is 0 Å². The monoisotopic (exact) mass is 1130 g/mol. The van der Waals surface area contributed by atoms with Crippen LogP contribution in [0.5, 0.6) is 0 Å². The quantitative estimate of drug-likeness (QED) is 0.0261. The summed E-state index contributed by atoms with van der Waals surface area (Å²) in [6.45, 7) is 6.59. The predicted octanol–water partition coefficient (Wildman–Crippen LogP) is 24.4. The highest BCUT2D eigenvalue weighted by molar-refractivity contribution is 5.71. The lowest BCUT2D eigenvalue weighted by atomic mass is 10.0. The van der Waals surface area contributed by atoms with E-state index in [2.05, 4.69) is 93.7 Å². The van der Waals surface area contributed by atoms with E-state index in [1.54, 1.807) is 0 Å². The lowest BCUT2D eigenvalue weighted by Crippen LogP contribution is -2.30. The largest absolute Gasteiger partial charge is 0.462 e. The van der Waals surface area contributed by atoms with E-state index in [0.29, 0.717) is 19.3 Å². The first-order valence-electron chi connectivity index (χ1n) is 35.4. The van der Waals surface area contributed by atoms with Crippen LogP contribution < -0.4 is 0 Å². The molecule has 470 valence electrons. The molecule has 1 unspecified atom stereocenters. The molecule has 6 heteroatoms. The smallest absolute Gasteiger partial charge is 0.306 e. The fraction of sp³-hybridized carbons (Fsp3) is 0.800. The highest BCUT2D eigenvalue weighted by Gasteiger charge is 2.19. The molecule has 0 saturated heterocycles. The lowest BCUT2D eigenvalue weighted by molar-refractivity contribution is -0.167. The molecule has 0 spiro atoms. The Morgan fingerprint density at radius 2 is 0.481 bits per heavy atom. The molecule has 0 radical (unpaired) electrons. The average molecular weight is 1130 g/mol. The molecule has 0 aromatic carbocycles. The zero-order chi connectivity index (χ0) is 58.5. The van der Waals surface area contributed by atoms with Gasteiger partial charge in [-0.05, 0) is 70.6 Å². The Morgan fingerprint density at radius 1 is 0.259 bits per heavy atom. The summed E-state index contributed by atoms with van der Waals surface area (Å²) in [7, 11) is 0. The molecule has 0 aromatic rings. The minimum Gasteiger partial charge on any atom is -0.462 e. The van der Waals surface area contributed by atoms with Crippen LogP contribution in [0.2, 0.25) is 0 Å².